The molecule has 0 radical (unpaired) electrons. The van der Waals surface area contributed by atoms with Crippen molar-refractivity contribution in [2.45, 2.75) is 13.5 Å². The Labute approximate surface area is 149 Å². The van der Waals surface area contributed by atoms with Crippen LogP contribution in [0.2, 0.25) is 0 Å². The van der Waals surface area contributed by atoms with Gasteiger partial charge in [-0.25, -0.2) is 0 Å². The van der Waals surface area contributed by atoms with Crippen molar-refractivity contribution >= 4 is 5.91 Å². The molecule has 1 aromatic carbocycles. The summed E-state index contributed by atoms with van der Waals surface area (Å²) in [5.74, 6) is 0.976. The highest BCUT2D eigenvalue weighted by Gasteiger charge is 2.14. The van der Waals surface area contributed by atoms with Gasteiger partial charge in [0.25, 0.3) is 5.91 Å². The summed E-state index contributed by atoms with van der Waals surface area (Å²) in [4.78, 5) is 12.2. The van der Waals surface area contributed by atoms with E-state index in [1.165, 1.54) is 5.56 Å². The maximum absolute atomic E-state index is 12.2. The molecule has 4 rings (SSSR count). The second-order valence-corrected chi connectivity index (χ2v) is 5.88. The van der Waals surface area contributed by atoms with E-state index in [2.05, 4.69) is 20.7 Å². The molecule has 0 atom stereocenters. The smallest absolute Gasteiger partial charge is 0.272 e. The van der Waals surface area contributed by atoms with Gasteiger partial charge >= 0.3 is 0 Å². The van der Waals surface area contributed by atoms with E-state index in [0.717, 1.165) is 5.56 Å². The van der Waals surface area contributed by atoms with Crippen molar-refractivity contribution < 1.29 is 13.7 Å². The summed E-state index contributed by atoms with van der Waals surface area (Å²) < 4.78 is 10.6. The topological polar surface area (TPSA) is 97.0 Å². The molecule has 0 aliphatic heterocycles. The highest BCUT2D eigenvalue weighted by Crippen LogP contribution is 2.21. The number of aryl methyl sites for hydroxylation is 1. The number of furan rings is 1. The van der Waals surface area contributed by atoms with E-state index in [1.807, 2.05) is 37.3 Å². The molecule has 130 valence electrons. The Morgan fingerprint density at radius 2 is 2.00 bits per heavy atom. The van der Waals surface area contributed by atoms with E-state index in [4.69, 9.17) is 8.94 Å². The molecular formula is C19H16N4O3. The quantitative estimate of drug-likeness (QED) is 0.575. The number of amides is 1. The number of hydrogen-bond acceptors (Lipinski definition) is 5. The number of nitrogens with one attached hydrogen (secondary N) is 2. The summed E-state index contributed by atoms with van der Waals surface area (Å²) in [5.41, 5.74) is 3.67. The minimum Gasteiger partial charge on any atom is -0.463 e. The van der Waals surface area contributed by atoms with Crippen LogP contribution < -0.4 is 5.32 Å². The summed E-state index contributed by atoms with van der Waals surface area (Å²) in [6, 6.07) is 15.0. The van der Waals surface area contributed by atoms with Crippen LogP contribution in [0, 0.1) is 6.92 Å². The number of aromatic nitrogens is 3. The van der Waals surface area contributed by atoms with Gasteiger partial charge in [0.2, 0.25) is 0 Å². The normalized spacial score (nSPS) is 10.8. The molecule has 7 heteroatoms. The minimum atomic E-state index is -0.307. The lowest BCUT2D eigenvalue weighted by Gasteiger charge is -1.98. The molecule has 0 aliphatic carbocycles. The number of aromatic amines is 1. The Balaban J connectivity index is 1.40. The second kappa shape index (κ2) is 6.72. The number of H-pyrrole nitrogens is 1. The van der Waals surface area contributed by atoms with Crippen LogP contribution in [-0.2, 0) is 6.54 Å². The zero-order chi connectivity index (χ0) is 17.9. The van der Waals surface area contributed by atoms with Crippen molar-refractivity contribution in [3.8, 4) is 22.8 Å². The zero-order valence-electron chi connectivity index (χ0n) is 14.0. The highest BCUT2D eigenvalue weighted by molar-refractivity contribution is 5.93. The number of carbonyl (C=O) groups excluding carboxylic acids is 1. The molecule has 1 amide bonds. The van der Waals surface area contributed by atoms with Crippen molar-refractivity contribution in [3.63, 3.8) is 0 Å². The van der Waals surface area contributed by atoms with Crippen LogP contribution >= 0.6 is 0 Å². The Morgan fingerprint density at radius 3 is 2.77 bits per heavy atom. The molecule has 0 bridgehead atoms. The fourth-order valence-corrected chi connectivity index (χ4v) is 2.51. The first-order valence-corrected chi connectivity index (χ1v) is 8.09. The monoisotopic (exact) mass is 348 g/mol. The number of nitrogens with zero attached hydrogens (tertiary/aromatic N) is 2. The van der Waals surface area contributed by atoms with Crippen LogP contribution in [0.5, 0.6) is 0 Å². The van der Waals surface area contributed by atoms with Crippen molar-refractivity contribution in [1.29, 1.82) is 0 Å². The first-order valence-electron chi connectivity index (χ1n) is 8.09. The third kappa shape index (κ3) is 3.27. The molecule has 0 unspecified atom stereocenters. The Kier molecular flexibility index (Phi) is 4.10. The predicted octanol–water partition coefficient (Wildman–Crippen LogP) is 3.56. The molecule has 0 spiro atoms. The second-order valence-electron chi connectivity index (χ2n) is 5.88. The van der Waals surface area contributed by atoms with E-state index < -0.39 is 0 Å². The standard InChI is InChI=1S/C19H16N4O3/c1-12-4-6-13(7-5-12)18-9-14(23-26-18)11-20-19(24)16-10-15(21-22-16)17-3-2-8-25-17/h2-10H,11H2,1H3,(H,20,24)(H,21,22). The molecule has 0 saturated carbocycles. The maximum Gasteiger partial charge on any atom is 0.272 e. The third-order valence-electron chi connectivity index (χ3n) is 3.92. The lowest BCUT2D eigenvalue weighted by molar-refractivity contribution is 0.0945. The molecular weight excluding hydrogens is 332 g/mol. The molecule has 3 aromatic heterocycles. The first kappa shape index (κ1) is 15.9. The number of carbonyl (C=O) groups is 1. The summed E-state index contributed by atoms with van der Waals surface area (Å²) in [6.07, 6.45) is 1.56. The van der Waals surface area contributed by atoms with Crippen LogP contribution in [0.3, 0.4) is 0 Å². The van der Waals surface area contributed by atoms with Crippen molar-refractivity contribution in [2.24, 2.45) is 0 Å². The minimum absolute atomic E-state index is 0.247. The molecule has 2 N–H and O–H groups in total. The van der Waals surface area contributed by atoms with Crippen molar-refractivity contribution in [3.05, 3.63) is 71.7 Å². The summed E-state index contributed by atoms with van der Waals surface area (Å²) in [5, 5.41) is 13.5. The maximum atomic E-state index is 12.2. The largest absolute Gasteiger partial charge is 0.463 e. The van der Waals surface area contributed by atoms with Crippen LogP contribution in [0.1, 0.15) is 21.7 Å². The van der Waals surface area contributed by atoms with Gasteiger partial charge in [-0.2, -0.15) is 5.10 Å². The predicted molar refractivity (Wildman–Crippen MR) is 94.1 cm³/mol. The van der Waals surface area contributed by atoms with E-state index in [-0.39, 0.29) is 18.1 Å². The molecule has 0 saturated heterocycles. The Hall–Kier alpha value is -3.61. The van der Waals surface area contributed by atoms with Gasteiger partial charge in [-0.05, 0) is 19.1 Å². The van der Waals surface area contributed by atoms with Gasteiger partial charge in [-0.15, -0.1) is 0 Å². The van der Waals surface area contributed by atoms with Gasteiger partial charge in [0.15, 0.2) is 17.2 Å². The van der Waals surface area contributed by atoms with E-state index in [0.29, 0.717) is 22.9 Å². The van der Waals surface area contributed by atoms with Gasteiger partial charge in [0.1, 0.15) is 11.4 Å². The van der Waals surface area contributed by atoms with E-state index >= 15 is 0 Å². The van der Waals surface area contributed by atoms with Crippen LogP contribution in [-0.4, -0.2) is 21.3 Å². The Bertz CT molecular complexity index is 1010. The average Bonchev–Trinajstić information content (AvgIpc) is 3.41. The average molecular weight is 348 g/mol. The molecule has 0 aliphatic rings. The SMILES string of the molecule is Cc1ccc(-c2cc(CNC(=O)c3cc(-c4ccco4)[nH]n3)no2)cc1. The molecule has 26 heavy (non-hydrogen) atoms. The van der Waals surface area contributed by atoms with E-state index in [1.54, 1.807) is 24.5 Å². The fourth-order valence-electron chi connectivity index (χ4n) is 2.51. The molecule has 4 aromatic rings. The lowest BCUT2D eigenvalue weighted by Crippen LogP contribution is -2.23. The van der Waals surface area contributed by atoms with Crippen LogP contribution in [0.4, 0.5) is 0 Å². The summed E-state index contributed by atoms with van der Waals surface area (Å²) in [7, 11) is 0. The van der Waals surface area contributed by atoms with Gasteiger partial charge < -0.3 is 14.3 Å². The molecule has 3 heterocycles. The number of hydrogen-bond donors (Lipinski definition) is 2. The molecule has 0 fully saturated rings. The fraction of sp³-hybridized carbons (Fsp3) is 0.105. The summed E-state index contributed by atoms with van der Waals surface area (Å²) >= 11 is 0. The van der Waals surface area contributed by atoms with E-state index in [9.17, 15) is 4.79 Å². The lowest BCUT2D eigenvalue weighted by atomic mass is 10.1. The third-order valence-corrected chi connectivity index (χ3v) is 3.92. The van der Waals surface area contributed by atoms with Crippen LogP contribution in [0.15, 0.2) is 63.7 Å². The van der Waals surface area contributed by atoms with Gasteiger partial charge in [-0.1, -0.05) is 35.0 Å². The van der Waals surface area contributed by atoms with Gasteiger partial charge in [-0.3, -0.25) is 9.89 Å². The van der Waals surface area contributed by atoms with Gasteiger partial charge in [0, 0.05) is 17.7 Å². The van der Waals surface area contributed by atoms with Crippen molar-refractivity contribution in [1.82, 2.24) is 20.7 Å². The van der Waals surface area contributed by atoms with Crippen molar-refractivity contribution in [2.75, 3.05) is 0 Å². The summed E-state index contributed by atoms with van der Waals surface area (Å²) in [6.45, 7) is 2.27. The number of benzene rings is 1. The van der Waals surface area contributed by atoms with Crippen LogP contribution in [0.25, 0.3) is 22.8 Å². The zero-order valence-corrected chi connectivity index (χ0v) is 14.0. The number of rotatable bonds is 5. The highest BCUT2D eigenvalue weighted by atomic mass is 16.5. The first-order chi connectivity index (χ1) is 12.7. The molecule has 7 nitrogen and oxygen atoms in total. The van der Waals surface area contributed by atoms with Gasteiger partial charge in [0.05, 0.1) is 12.8 Å². The Morgan fingerprint density at radius 1 is 1.15 bits per heavy atom.